The molecule has 7 nitrogen and oxygen atoms in total. The second-order valence-corrected chi connectivity index (χ2v) is 8.24. The predicted molar refractivity (Wildman–Crippen MR) is 110 cm³/mol. The van der Waals surface area contributed by atoms with E-state index < -0.39 is 0 Å². The van der Waals surface area contributed by atoms with Crippen molar-refractivity contribution in [1.82, 2.24) is 20.9 Å². The highest BCUT2D eigenvalue weighted by atomic mass is 16.5. The molecule has 156 valence electrons. The van der Waals surface area contributed by atoms with Crippen LogP contribution in [0.5, 0.6) is 0 Å². The molecular formula is C20H39N5O2. The van der Waals surface area contributed by atoms with Crippen LogP contribution in [0.4, 0.5) is 0 Å². The summed E-state index contributed by atoms with van der Waals surface area (Å²) in [6, 6.07) is 0. The van der Waals surface area contributed by atoms with E-state index in [0.29, 0.717) is 25.4 Å². The fraction of sp³-hybridized carbons (Fsp3) is 0.900. The number of ether oxygens (including phenoxy) is 1. The van der Waals surface area contributed by atoms with Gasteiger partial charge < -0.3 is 20.7 Å². The van der Waals surface area contributed by atoms with Crippen LogP contribution in [0, 0.1) is 5.92 Å². The van der Waals surface area contributed by atoms with E-state index in [2.05, 4.69) is 41.6 Å². The first kappa shape index (κ1) is 22.0. The monoisotopic (exact) mass is 381 g/mol. The van der Waals surface area contributed by atoms with Crippen molar-refractivity contribution in [3.63, 3.8) is 0 Å². The Balaban J connectivity index is 1.70. The number of guanidine groups is 1. The van der Waals surface area contributed by atoms with Gasteiger partial charge in [0.15, 0.2) is 5.96 Å². The van der Waals surface area contributed by atoms with Gasteiger partial charge in [0.1, 0.15) is 0 Å². The largest absolute Gasteiger partial charge is 0.379 e. The maximum Gasteiger partial charge on any atom is 0.220 e. The van der Waals surface area contributed by atoms with Crippen molar-refractivity contribution >= 4 is 11.9 Å². The highest BCUT2D eigenvalue weighted by molar-refractivity contribution is 5.80. The minimum absolute atomic E-state index is 0.00162. The average molecular weight is 382 g/mol. The number of nitrogens with one attached hydrogen (secondary N) is 3. The molecule has 1 heterocycles. The first-order chi connectivity index (χ1) is 13.0. The van der Waals surface area contributed by atoms with Crippen molar-refractivity contribution in [2.45, 2.75) is 58.4 Å². The molecule has 2 aliphatic rings. The van der Waals surface area contributed by atoms with Crippen molar-refractivity contribution in [2.75, 3.05) is 52.5 Å². The van der Waals surface area contributed by atoms with Gasteiger partial charge in [-0.3, -0.25) is 14.7 Å². The number of amides is 1. The van der Waals surface area contributed by atoms with Crippen LogP contribution in [0.15, 0.2) is 4.99 Å². The van der Waals surface area contributed by atoms with Crippen molar-refractivity contribution < 1.29 is 9.53 Å². The van der Waals surface area contributed by atoms with Crippen LogP contribution in [0.3, 0.4) is 0 Å². The zero-order valence-electron chi connectivity index (χ0n) is 17.5. The third kappa shape index (κ3) is 8.05. The number of aliphatic imine (C=N–C) groups is 1. The zero-order chi connectivity index (χ0) is 19.5. The van der Waals surface area contributed by atoms with Crippen LogP contribution >= 0.6 is 0 Å². The predicted octanol–water partition coefficient (Wildman–Crippen LogP) is 1.35. The van der Waals surface area contributed by atoms with E-state index in [1.807, 2.05) is 0 Å². The normalized spacial score (nSPS) is 19.9. The Hall–Kier alpha value is -1.34. The molecular weight excluding hydrogens is 342 g/mol. The standard InChI is InChI=1S/C20H39N5O2/c1-4-21-19(24-16-20(2,3)25-11-13-27-14-12-25)23-10-9-22-18(26)15-17-7-5-6-8-17/h17H,4-16H2,1-3H3,(H,22,26)(H2,21,23,24). The molecule has 1 amide bonds. The van der Waals surface area contributed by atoms with Gasteiger partial charge in [-0.2, -0.15) is 0 Å². The smallest absolute Gasteiger partial charge is 0.220 e. The lowest BCUT2D eigenvalue weighted by atomic mass is 10.0. The summed E-state index contributed by atoms with van der Waals surface area (Å²) >= 11 is 0. The van der Waals surface area contributed by atoms with Gasteiger partial charge in [0.25, 0.3) is 0 Å². The third-order valence-corrected chi connectivity index (χ3v) is 5.52. The van der Waals surface area contributed by atoms with Crippen molar-refractivity contribution in [2.24, 2.45) is 10.9 Å². The van der Waals surface area contributed by atoms with Crippen LogP contribution < -0.4 is 16.0 Å². The minimum Gasteiger partial charge on any atom is -0.379 e. The Morgan fingerprint density at radius 1 is 1.11 bits per heavy atom. The molecule has 1 aliphatic heterocycles. The molecule has 0 aromatic carbocycles. The first-order valence-electron chi connectivity index (χ1n) is 10.6. The molecule has 3 N–H and O–H groups in total. The number of morpholine rings is 1. The molecule has 0 aromatic rings. The van der Waals surface area contributed by atoms with E-state index in [9.17, 15) is 4.79 Å². The van der Waals surface area contributed by atoms with E-state index in [1.54, 1.807) is 0 Å². The lowest BCUT2D eigenvalue weighted by molar-refractivity contribution is -0.121. The molecule has 27 heavy (non-hydrogen) atoms. The van der Waals surface area contributed by atoms with Crippen molar-refractivity contribution in [3.05, 3.63) is 0 Å². The van der Waals surface area contributed by atoms with Gasteiger partial charge in [0.05, 0.1) is 19.8 Å². The van der Waals surface area contributed by atoms with Gasteiger partial charge in [0.2, 0.25) is 5.91 Å². The Kier molecular flexibility index (Phi) is 9.34. The number of hydrogen-bond acceptors (Lipinski definition) is 4. The van der Waals surface area contributed by atoms with Gasteiger partial charge in [-0.1, -0.05) is 12.8 Å². The van der Waals surface area contributed by atoms with E-state index in [1.165, 1.54) is 25.7 Å². The Morgan fingerprint density at radius 3 is 2.44 bits per heavy atom. The van der Waals surface area contributed by atoms with Gasteiger partial charge in [0, 0.05) is 44.7 Å². The van der Waals surface area contributed by atoms with E-state index in [0.717, 1.165) is 45.4 Å². The first-order valence-corrected chi connectivity index (χ1v) is 10.6. The summed E-state index contributed by atoms with van der Waals surface area (Å²) in [6.45, 7) is 12.9. The lowest BCUT2D eigenvalue weighted by Gasteiger charge is -2.39. The van der Waals surface area contributed by atoms with Gasteiger partial charge >= 0.3 is 0 Å². The number of nitrogens with zero attached hydrogens (tertiary/aromatic N) is 2. The summed E-state index contributed by atoms with van der Waals surface area (Å²) in [6.07, 6.45) is 5.66. The van der Waals surface area contributed by atoms with Crippen LogP contribution in [0.2, 0.25) is 0 Å². The molecule has 0 aromatic heterocycles. The molecule has 0 bridgehead atoms. The second kappa shape index (κ2) is 11.5. The summed E-state index contributed by atoms with van der Waals surface area (Å²) in [4.78, 5) is 19.2. The summed E-state index contributed by atoms with van der Waals surface area (Å²) in [5.41, 5.74) is 0.00162. The van der Waals surface area contributed by atoms with E-state index >= 15 is 0 Å². The maximum absolute atomic E-state index is 12.0. The van der Waals surface area contributed by atoms with Crippen LogP contribution in [-0.4, -0.2) is 74.8 Å². The highest BCUT2D eigenvalue weighted by Gasteiger charge is 2.28. The molecule has 1 aliphatic carbocycles. The van der Waals surface area contributed by atoms with E-state index in [-0.39, 0.29) is 11.4 Å². The van der Waals surface area contributed by atoms with Crippen LogP contribution in [0.25, 0.3) is 0 Å². The molecule has 0 radical (unpaired) electrons. The zero-order valence-corrected chi connectivity index (χ0v) is 17.5. The highest BCUT2D eigenvalue weighted by Crippen LogP contribution is 2.27. The average Bonchev–Trinajstić information content (AvgIpc) is 3.17. The Labute approximate surface area is 164 Å². The fourth-order valence-corrected chi connectivity index (χ4v) is 3.81. The fourth-order valence-electron chi connectivity index (χ4n) is 3.81. The van der Waals surface area contributed by atoms with Gasteiger partial charge in [-0.05, 0) is 39.5 Å². The molecule has 2 fully saturated rings. The molecule has 1 saturated heterocycles. The topological polar surface area (TPSA) is 78.0 Å². The second-order valence-electron chi connectivity index (χ2n) is 8.24. The van der Waals surface area contributed by atoms with Crippen molar-refractivity contribution in [1.29, 1.82) is 0 Å². The quantitative estimate of drug-likeness (QED) is 0.319. The van der Waals surface area contributed by atoms with Gasteiger partial charge in [-0.25, -0.2) is 0 Å². The van der Waals surface area contributed by atoms with Crippen LogP contribution in [0.1, 0.15) is 52.9 Å². The molecule has 1 saturated carbocycles. The molecule has 7 heteroatoms. The van der Waals surface area contributed by atoms with Crippen LogP contribution in [-0.2, 0) is 9.53 Å². The SMILES string of the molecule is CCNC(=NCC(C)(C)N1CCOCC1)NCCNC(=O)CC1CCCC1. The molecule has 0 atom stereocenters. The summed E-state index contributed by atoms with van der Waals surface area (Å²) < 4.78 is 5.45. The van der Waals surface area contributed by atoms with E-state index in [4.69, 9.17) is 9.73 Å². The number of carbonyl (C=O) groups excluding carboxylic acids is 1. The summed E-state index contributed by atoms with van der Waals surface area (Å²) in [5.74, 6) is 1.59. The summed E-state index contributed by atoms with van der Waals surface area (Å²) in [5, 5.41) is 9.64. The molecule has 0 unspecified atom stereocenters. The van der Waals surface area contributed by atoms with Crippen molar-refractivity contribution in [3.8, 4) is 0 Å². The summed E-state index contributed by atoms with van der Waals surface area (Å²) in [7, 11) is 0. The Morgan fingerprint density at radius 2 is 1.78 bits per heavy atom. The number of carbonyl (C=O) groups is 1. The number of hydrogen-bond donors (Lipinski definition) is 3. The third-order valence-electron chi connectivity index (χ3n) is 5.52. The lowest BCUT2D eigenvalue weighted by Crippen LogP contribution is -2.52. The number of rotatable bonds is 9. The molecule has 0 spiro atoms. The maximum atomic E-state index is 12.0. The van der Waals surface area contributed by atoms with Gasteiger partial charge in [-0.15, -0.1) is 0 Å². The molecule has 2 rings (SSSR count). The Bertz CT molecular complexity index is 469. The minimum atomic E-state index is 0.00162.